The quantitative estimate of drug-likeness (QED) is 0.660. The van der Waals surface area contributed by atoms with Crippen LogP contribution in [0, 0.1) is 18.3 Å². The Morgan fingerprint density at radius 1 is 1.20 bits per heavy atom. The minimum atomic E-state index is 0.00201. The van der Waals surface area contributed by atoms with E-state index in [1.54, 1.807) is 12.1 Å². The summed E-state index contributed by atoms with van der Waals surface area (Å²) >= 11 is 12.4. The van der Waals surface area contributed by atoms with Gasteiger partial charge in [-0.1, -0.05) is 23.2 Å². The molecule has 1 aliphatic heterocycles. The van der Waals surface area contributed by atoms with E-state index in [9.17, 15) is 10.4 Å². The molecule has 25 heavy (non-hydrogen) atoms. The summed E-state index contributed by atoms with van der Waals surface area (Å²) in [6.07, 6.45) is 1.82. The minimum absolute atomic E-state index is 0.00201. The van der Waals surface area contributed by atoms with Crippen molar-refractivity contribution in [2.24, 2.45) is 4.99 Å². The molecule has 1 aromatic heterocycles. The number of phenols is 1. The summed E-state index contributed by atoms with van der Waals surface area (Å²) in [6.45, 7) is 3.32. The number of rotatable bonds is 1. The van der Waals surface area contributed by atoms with Crippen LogP contribution in [-0.2, 0) is 6.54 Å². The molecular weight excluding hydrogens is 357 g/mol. The van der Waals surface area contributed by atoms with Gasteiger partial charge in [0.2, 0.25) is 0 Å². The Labute approximate surface area is 154 Å². The fraction of sp³-hybridized carbons (Fsp3) is 0.158. The lowest BCUT2D eigenvalue weighted by Crippen LogP contribution is -2.11. The third kappa shape index (κ3) is 2.39. The molecule has 0 fully saturated rings. The number of hydrogen-bond acceptors (Lipinski definition) is 3. The summed E-state index contributed by atoms with van der Waals surface area (Å²) in [5, 5.41) is 21.8. The average molecular weight is 370 g/mol. The SMILES string of the molecule is Cc1c2n(c3c(-c4cc(Cl)cc(Cl)c4)cc(C#N)c(O)c13)CCN=C2. The van der Waals surface area contributed by atoms with E-state index < -0.39 is 0 Å². The van der Waals surface area contributed by atoms with Gasteiger partial charge in [0.1, 0.15) is 11.8 Å². The minimum Gasteiger partial charge on any atom is -0.506 e. The number of hydrogen-bond donors (Lipinski definition) is 1. The zero-order valence-corrected chi connectivity index (χ0v) is 14.9. The first kappa shape index (κ1) is 16.0. The van der Waals surface area contributed by atoms with Crippen LogP contribution in [0.1, 0.15) is 16.8 Å². The molecule has 0 aliphatic carbocycles. The summed E-state index contributed by atoms with van der Waals surface area (Å²) in [7, 11) is 0. The lowest BCUT2D eigenvalue weighted by Gasteiger charge is -2.15. The molecule has 0 spiro atoms. The molecule has 4 nitrogen and oxygen atoms in total. The number of benzene rings is 2. The molecular formula is C19H13Cl2N3O. The molecule has 0 saturated carbocycles. The maximum absolute atomic E-state index is 10.6. The number of aryl methyl sites for hydroxylation is 1. The zero-order chi connectivity index (χ0) is 17.7. The number of aromatic nitrogens is 1. The van der Waals surface area contributed by atoms with Crippen LogP contribution in [-0.4, -0.2) is 22.4 Å². The lowest BCUT2D eigenvalue weighted by atomic mass is 9.97. The molecule has 1 aliphatic rings. The third-order valence-corrected chi connectivity index (χ3v) is 4.99. The predicted molar refractivity (Wildman–Crippen MR) is 101 cm³/mol. The summed E-state index contributed by atoms with van der Waals surface area (Å²) in [6, 6.07) is 9.06. The van der Waals surface area contributed by atoms with Crippen molar-refractivity contribution in [3.63, 3.8) is 0 Å². The molecule has 1 N–H and O–H groups in total. The van der Waals surface area contributed by atoms with Crippen molar-refractivity contribution in [3.05, 3.63) is 51.1 Å². The van der Waals surface area contributed by atoms with E-state index >= 15 is 0 Å². The average Bonchev–Trinajstić information content (AvgIpc) is 2.89. The predicted octanol–water partition coefficient (Wildman–Crippen LogP) is 4.93. The molecule has 2 heterocycles. The molecule has 0 saturated heterocycles. The standard InChI is InChI=1S/C19H13Cl2N3O/c1-10-16-9-23-2-3-24(16)18-15(6-12(8-22)19(25)17(10)18)11-4-13(20)7-14(21)5-11/h4-7,9,25H,2-3H2,1H3. The van der Waals surface area contributed by atoms with Gasteiger partial charge in [-0.05, 0) is 42.3 Å². The topological polar surface area (TPSA) is 61.3 Å². The first-order valence-corrected chi connectivity index (χ1v) is 8.52. The molecule has 2 aromatic carbocycles. The number of aromatic hydroxyl groups is 1. The van der Waals surface area contributed by atoms with Gasteiger partial charge in [-0.2, -0.15) is 5.26 Å². The van der Waals surface area contributed by atoms with Crippen LogP contribution in [0.3, 0.4) is 0 Å². The highest BCUT2D eigenvalue weighted by atomic mass is 35.5. The molecule has 0 unspecified atom stereocenters. The van der Waals surface area contributed by atoms with E-state index in [2.05, 4.69) is 15.6 Å². The number of nitrogens with zero attached hydrogens (tertiary/aromatic N) is 3. The van der Waals surface area contributed by atoms with Crippen molar-refractivity contribution < 1.29 is 5.11 Å². The van der Waals surface area contributed by atoms with Gasteiger partial charge in [0, 0.05) is 33.8 Å². The van der Waals surface area contributed by atoms with E-state index in [1.165, 1.54) is 0 Å². The first-order valence-electron chi connectivity index (χ1n) is 7.76. The Bertz CT molecular complexity index is 1090. The van der Waals surface area contributed by atoms with E-state index in [4.69, 9.17) is 23.2 Å². The second kappa shape index (κ2) is 5.80. The molecule has 6 heteroatoms. The maximum Gasteiger partial charge on any atom is 0.143 e. The van der Waals surface area contributed by atoms with Gasteiger partial charge >= 0.3 is 0 Å². The molecule has 0 atom stereocenters. The fourth-order valence-corrected chi connectivity index (χ4v) is 4.00. The van der Waals surface area contributed by atoms with Crippen LogP contribution in [0.5, 0.6) is 5.75 Å². The van der Waals surface area contributed by atoms with Crippen LogP contribution in [0.4, 0.5) is 0 Å². The number of halogens is 2. The van der Waals surface area contributed by atoms with Crippen LogP contribution >= 0.6 is 23.2 Å². The van der Waals surface area contributed by atoms with E-state index in [0.29, 0.717) is 28.5 Å². The molecule has 4 rings (SSSR count). The van der Waals surface area contributed by atoms with Crippen molar-refractivity contribution in [1.82, 2.24) is 4.57 Å². The normalized spacial score (nSPS) is 13.0. The zero-order valence-electron chi connectivity index (χ0n) is 13.3. The van der Waals surface area contributed by atoms with Gasteiger partial charge in [-0.15, -0.1) is 0 Å². The van der Waals surface area contributed by atoms with E-state index in [-0.39, 0.29) is 11.3 Å². The van der Waals surface area contributed by atoms with Crippen molar-refractivity contribution in [1.29, 1.82) is 5.26 Å². The summed E-state index contributed by atoms with van der Waals surface area (Å²) in [4.78, 5) is 4.34. The van der Waals surface area contributed by atoms with Gasteiger partial charge in [0.15, 0.2) is 0 Å². The van der Waals surface area contributed by atoms with Crippen LogP contribution in [0.15, 0.2) is 29.3 Å². The van der Waals surface area contributed by atoms with Crippen LogP contribution in [0.2, 0.25) is 10.0 Å². The fourth-order valence-electron chi connectivity index (χ4n) is 3.47. The van der Waals surface area contributed by atoms with E-state index in [1.807, 2.05) is 25.3 Å². The summed E-state index contributed by atoms with van der Waals surface area (Å²) < 4.78 is 2.13. The molecule has 0 radical (unpaired) electrons. The van der Waals surface area contributed by atoms with Crippen molar-refractivity contribution in [2.45, 2.75) is 13.5 Å². The van der Waals surface area contributed by atoms with Crippen LogP contribution in [0.25, 0.3) is 22.0 Å². The maximum atomic E-state index is 10.6. The monoisotopic (exact) mass is 369 g/mol. The van der Waals surface area contributed by atoms with Gasteiger partial charge in [0.25, 0.3) is 0 Å². The number of aliphatic imine (C=N–C) groups is 1. The number of nitriles is 1. The largest absolute Gasteiger partial charge is 0.506 e. The highest BCUT2D eigenvalue weighted by Gasteiger charge is 2.23. The van der Waals surface area contributed by atoms with Gasteiger partial charge in [-0.25, -0.2) is 0 Å². The smallest absolute Gasteiger partial charge is 0.143 e. The second-order valence-electron chi connectivity index (χ2n) is 6.01. The molecule has 3 aromatic rings. The Hall–Kier alpha value is -2.48. The summed E-state index contributed by atoms with van der Waals surface area (Å²) in [5.74, 6) is 0.00201. The highest BCUT2D eigenvalue weighted by molar-refractivity contribution is 6.35. The molecule has 0 bridgehead atoms. The first-order chi connectivity index (χ1) is 12.0. The Balaban J connectivity index is 2.19. The van der Waals surface area contributed by atoms with Gasteiger partial charge in [0.05, 0.1) is 23.3 Å². The summed E-state index contributed by atoms with van der Waals surface area (Å²) in [5.41, 5.74) is 4.57. The van der Waals surface area contributed by atoms with Crippen molar-refractivity contribution >= 4 is 40.3 Å². The lowest BCUT2D eigenvalue weighted by molar-refractivity contribution is 0.480. The molecule has 0 amide bonds. The van der Waals surface area contributed by atoms with Crippen molar-refractivity contribution in [2.75, 3.05) is 6.54 Å². The van der Waals surface area contributed by atoms with Gasteiger partial charge in [-0.3, -0.25) is 4.99 Å². The molecule has 124 valence electrons. The second-order valence-corrected chi connectivity index (χ2v) is 6.88. The Morgan fingerprint density at radius 3 is 2.60 bits per heavy atom. The van der Waals surface area contributed by atoms with Crippen molar-refractivity contribution in [3.8, 4) is 22.9 Å². The van der Waals surface area contributed by atoms with E-state index in [0.717, 1.165) is 27.9 Å². The number of fused-ring (bicyclic) bond motifs is 3. The number of phenolic OH excluding ortho intramolecular Hbond substituents is 1. The Morgan fingerprint density at radius 2 is 1.92 bits per heavy atom. The van der Waals surface area contributed by atoms with Gasteiger partial charge < -0.3 is 9.67 Å². The highest BCUT2D eigenvalue weighted by Crippen LogP contribution is 2.42. The van der Waals surface area contributed by atoms with Crippen LogP contribution < -0.4 is 0 Å². The Kier molecular flexibility index (Phi) is 3.72. The third-order valence-electron chi connectivity index (χ3n) is 4.55.